The van der Waals surface area contributed by atoms with E-state index in [1.807, 2.05) is 24.3 Å². The highest BCUT2D eigenvalue weighted by atomic mass is 79.9. The summed E-state index contributed by atoms with van der Waals surface area (Å²) in [4.78, 5) is 22.6. The first-order valence-corrected chi connectivity index (χ1v) is 6.81. The summed E-state index contributed by atoms with van der Waals surface area (Å²) in [5.74, 6) is -0.484. The largest absolute Gasteiger partial charge is 0.432 e. The maximum absolute atomic E-state index is 11.5. The molecule has 0 unspecified atom stereocenters. The maximum atomic E-state index is 11.5. The van der Waals surface area contributed by atoms with Crippen LogP contribution in [0.1, 0.15) is 32.3 Å². The molecule has 0 spiro atoms. The van der Waals surface area contributed by atoms with Gasteiger partial charge in [0.1, 0.15) is 6.26 Å². The van der Waals surface area contributed by atoms with Crippen LogP contribution in [0, 0.1) is 0 Å². The van der Waals surface area contributed by atoms with Crippen molar-refractivity contribution < 1.29 is 14.3 Å². The average molecular weight is 326 g/mol. The van der Waals surface area contributed by atoms with Crippen LogP contribution in [-0.4, -0.2) is 11.9 Å². The second kappa shape index (κ2) is 7.74. The number of hydrogen-bond acceptors (Lipinski definition) is 3. The van der Waals surface area contributed by atoms with Crippen LogP contribution in [0.5, 0.6) is 0 Å². The molecule has 0 atom stereocenters. The van der Waals surface area contributed by atoms with Gasteiger partial charge in [-0.05, 0) is 12.1 Å². The Balaban J connectivity index is 2.94. The molecule has 5 heteroatoms. The van der Waals surface area contributed by atoms with Gasteiger partial charge in [-0.25, -0.2) is 0 Å². The zero-order valence-electron chi connectivity index (χ0n) is 10.9. The van der Waals surface area contributed by atoms with Gasteiger partial charge in [0.25, 0.3) is 0 Å². The van der Waals surface area contributed by atoms with E-state index in [9.17, 15) is 9.59 Å². The van der Waals surface area contributed by atoms with Gasteiger partial charge >= 0.3 is 5.97 Å². The molecule has 1 rings (SSSR count). The van der Waals surface area contributed by atoms with Crippen molar-refractivity contribution in [2.45, 2.75) is 26.7 Å². The molecule has 0 fully saturated rings. The van der Waals surface area contributed by atoms with E-state index in [4.69, 9.17) is 4.74 Å². The van der Waals surface area contributed by atoms with E-state index in [2.05, 4.69) is 21.2 Å². The molecule has 0 aliphatic rings. The lowest BCUT2D eigenvalue weighted by Gasteiger charge is -2.09. The molecule has 0 saturated heterocycles. The topological polar surface area (TPSA) is 55.4 Å². The molecule has 0 radical (unpaired) electrons. The predicted molar refractivity (Wildman–Crippen MR) is 76.9 cm³/mol. The molecule has 0 aliphatic carbocycles. The highest BCUT2D eigenvalue weighted by molar-refractivity contribution is 9.10. The zero-order chi connectivity index (χ0) is 14.3. The number of ether oxygens (including phenoxy) is 1. The van der Waals surface area contributed by atoms with Gasteiger partial charge in [-0.15, -0.1) is 0 Å². The Morgan fingerprint density at radius 3 is 2.37 bits per heavy atom. The van der Waals surface area contributed by atoms with E-state index in [0.29, 0.717) is 12.1 Å². The van der Waals surface area contributed by atoms with Gasteiger partial charge in [0, 0.05) is 22.9 Å². The van der Waals surface area contributed by atoms with E-state index in [0.717, 1.165) is 10.0 Å². The van der Waals surface area contributed by atoms with E-state index < -0.39 is 0 Å². The fraction of sp³-hybridized carbons (Fsp3) is 0.286. The third kappa shape index (κ3) is 5.26. The van der Waals surface area contributed by atoms with Gasteiger partial charge in [0.2, 0.25) is 5.91 Å². The lowest BCUT2D eigenvalue weighted by molar-refractivity contribution is -0.137. The summed E-state index contributed by atoms with van der Waals surface area (Å²) in [5, 5.41) is 2.71. The molecular weight excluding hydrogens is 310 g/mol. The van der Waals surface area contributed by atoms with Crippen LogP contribution in [0.2, 0.25) is 0 Å². The number of nitrogens with one attached hydrogen (secondary N) is 1. The van der Waals surface area contributed by atoms with Gasteiger partial charge in [-0.3, -0.25) is 9.59 Å². The number of carbonyl (C=O) groups excluding carboxylic acids is 2. The van der Waals surface area contributed by atoms with Gasteiger partial charge < -0.3 is 10.1 Å². The number of carbonyl (C=O) groups is 2. The molecule has 1 aromatic carbocycles. The predicted octanol–water partition coefficient (Wildman–Crippen LogP) is 3.23. The van der Waals surface area contributed by atoms with Gasteiger partial charge in [-0.1, -0.05) is 41.9 Å². The molecule has 19 heavy (non-hydrogen) atoms. The van der Waals surface area contributed by atoms with E-state index in [1.54, 1.807) is 13.8 Å². The lowest BCUT2D eigenvalue weighted by Crippen LogP contribution is -2.21. The first kappa shape index (κ1) is 15.4. The third-order valence-electron chi connectivity index (χ3n) is 2.35. The molecule has 0 saturated carbocycles. The van der Waals surface area contributed by atoms with Gasteiger partial charge in [-0.2, -0.15) is 0 Å². The Bertz CT molecular complexity index is 480. The number of rotatable bonds is 5. The van der Waals surface area contributed by atoms with Crippen LogP contribution in [0.15, 0.2) is 35.0 Å². The Morgan fingerprint density at radius 2 is 1.84 bits per heavy atom. The van der Waals surface area contributed by atoms with Crippen LogP contribution < -0.4 is 5.32 Å². The minimum atomic E-state index is -0.347. The van der Waals surface area contributed by atoms with E-state index >= 15 is 0 Å². The smallest absolute Gasteiger partial charge is 0.310 e. The number of amides is 1. The number of hydrogen-bond donors (Lipinski definition) is 1. The van der Waals surface area contributed by atoms with E-state index in [1.165, 1.54) is 6.26 Å². The fourth-order valence-electron chi connectivity index (χ4n) is 1.25. The van der Waals surface area contributed by atoms with Gasteiger partial charge in [0.05, 0.1) is 5.70 Å². The summed E-state index contributed by atoms with van der Waals surface area (Å²) in [6.45, 7) is 3.46. The molecule has 4 nitrogen and oxygen atoms in total. The van der Waals surface area contributed by atoms with Crippen molar-refractivity contribution >= 4 is 33.5 Å². The quantitative estimate of drug-likeness (QED) is 0.668. The summed E-state index contributed by atoms with van der Waals surface area (Å²) >= 11 is 3.34. The molecule has 0 bridgehead atoms. The van der Waals surface area contributed by atoms with Crippen molar-refractivity contribution in [3.05, 3.63) is 40.6 Å². The summed E-state index contributed by atoms with van der Waals surface area (Å²) in [6, 6.07) is 7.35. The summed E-state index contributed by atoms with van der Waals surface area (Å²) < 4.78 is 5.89. The Labute approximate surface area is 121 Å². The van der Waals surface area contributed by atoms with Crippen LogP contribution in [0.25, 0.3) is 5.70 Å². The summed E-state index contributed by atoms with van der Waals surface area (Å²) in [5.41, 5.74) is 1.25. The summed E-state index contributed by atoms with van der Waals surface area (Å²) in [7, 11) is 0. The monoisotopic (exact) mass is 325 g/mol. The van der Waals surface area contributed by atoms with Crippen molar-refractivity contribution in [1.82, 2.24) is 5.32 Å². The standard InChI is InChI=1S/C14H16BrNO3/c1-3-13(17)16-12(9-19-14(18)4-2)10-5-7-11(15)8-6-10/h5-9H,3-4H2,1-2H3,(H,16,17)/b12-9-. The van der Waals surface area contributed by atoms with E-state index in [-0.39, 0.29) is 18.3 Å². The van der Waals surface area contributed by atoms with Crippen LogP contribution >= 0.6 is 15.9 Å². The molecule has 1 N–H and O–H groups in total. The third-order valence-corrected chi connectivity index (χ3v) is 2.88. The highest BCUT2D eigenvalue weighted by Gasteiger charge is 2.07. The first-order valence-electron chi connectivity index (χ1n) is 6.02. The summed E-state index contributed by atoms with van der Waals surface area (Å²) in [6.07, 6.45) is 1.92. The number of halogens is 1. The maximum Gasteiger partial charge on any atom is 0.310 e. The molecule has 1 aromatic rings. The van der Waals surface area contributed by atoms with Crippen LogP contribution in [0.3, 0.4) is 0 Å². The molecule has 0 aliphatic heterocycles. The molecule has 0 aromatic heterocycles. The lowest BCUT2D eigenvalue weighted by atomic mass is 10.1. The van der Waals surface area contributed by atoms with Crippen molar-refractivity contribution in [2.24, 2.45) is 0 Å². The van der Waals surface area contributed by atoms with Crippen LogP contribution in [-0.2, 0) is 14.3 Å². The Kier molecular flexibility index (Phi) is 6.29. The fourth-order valence-corrected chi connectivity index (χ4v) is 1.51. The minimum absolute atomic E-state index is 0.137. The normalized spacial score (nSPS) is 11.0. The highest BCUT2D eigenvalue weighted by Crippen LogP contribution is 2.16. The van der Waals surface area contributed by atoms with Crippen molar-refractivity contribution in [2.75, 3.05) is 0 Å². The minimum Gasteiger partial charge on any atom is -0.432 e. The zero-order valence-corrected chi connectivity index (χ0v) is 12.5. The average Bonchev–Trinajstić information content (AvgIpc) is 2.43. The molecule has 0 heterocycles. The Hall–Kier alpha value is -1.62. The van der Waals surface area contributed by atoms with Crippen molar-refractivity contribution in [1.29, 1.82) is 0 Å². The van der Waals surface area contributed by atoms with Crippen molar-refractivity contribution in [3.8, 4) is 0 Å². The molecule has 102 valence electrons. The first-order chi connectivity index (χ1) is 9.06. The SMILES string of the molecule is CCC(=O)N/C(=C\OC(=O)CC)c1ccc(Br)cc1. The number of benzene rings is 1. The second-order valence-corrected chi connectivity index (χ2v) is 4.70. The molecule has 1 amide bonds. The van der Waals surface area contributed by atoms with Crippen LogP contribution in [0.4, 0.5) is 0 Å². The number of esters is 1. The molecular formula is C14H16BrNO3. The second-order valence-electron chi connectivity index (χ2n) is 3.78. The van der Waals surface area contributed by atoms with Gasteiger partial charge in [0.15, 0.2) is 0 Å². The Morgan fingerprint density at radius 1 is 1.21 bits per heavy atom. The van der Waals surface area contributed by atoms with Crippen molar-refractivity contribution in [3.63, 3.8) is 0 Å².